The van der Waals surface area contributed by atoms with Gasteiger partial charge in [-0.05, 0) is 25.8 Å². The fourth-order valence-corrected chi connectivity index (χ4v) is 2.83. The smallest absolute Gasteiger partial charge is 0.305 e. The van der Waals surface area contributed by atoms with Crippen molar-refractivity contribution in [2.45, 2.75) is 33.1 Å². The van der Waals surface area contributed by atoms with Crippen molar-refractivity contribution >= 4 is 33.3 Å². The molecule has 0 aliphatic heterocycles. The van der Waals surface area contributed by atoms with Crippen LogP contribution in [0.4, 0.5) is 5.82 Å². The van der Waals surface area contributed by atoms with Gasteiger partial charge in [-0.25, -0.2) is 9.97 Å². The van der Waals surface area contributed by atoms with E-state index in [-0.39, 0.29) is 5.97 Å². The Morgan fingerprint density at radius 3 is 3.00 bits per heavy atom. The normalized spacial score (nSPS) is 10.7. The van der Waals surface area contributed by atoms with Crippen molar-refractivity contribution in [3.63, 3.8) is 0 Å². The lowest BCUT2D eigenvalue weighted by Crippen LogP contribution is -2.09. The molecule has 6 heteroatoms. The Bertz CT molecular complexity index is 583. The van der Waals surface area contributed by atoms with E-state index in [1.54, 1.807) is 17.7 Å². The monoisotopic (exact) mass is 293 g/mol. The Morgan fingerprint density at radius 1 is 1.40 bits per heavy atom. The van der Waals surface area contributed by atoms with Crippen molar-refractivity contribution in [3.8, 4) is 0 Å². The number of carbonyl (C=O) groups is 1. The zero-order valence-corrected chi connectivity index (χ0v) is 12.6. The molecule has 0 spiro atoms. The van der Waals surface area contributed by atoms with Gasteiger partial charge in [0.15, 0.2) is 0 Å². The van der Waals surface area contributed by atoms with Crippen LogP contribution in [-0.4, -0.2) is 29.1 Å². The Balaban J connectivity index is 1.93. The lowest BCUT2D eigenvalue weighted by Gasteiger charge is -2.06. The van der Waals surface area contributed by atoms with Crippen molar-refractivity contribution in [2.24, 2.45) is 0 Å². The molecule has 0 fully saturated rings. The van der Waals surface area contributed by atoms with Crippen molar-refractivity contribution in [3.05, 3.63) is 17.3 Å². The molecular weight excluding hydrogens is 274 g/mol. The Morgan fingerprint density at radius 2 is 2.25 bits per heavy atom. The first-order chi connectivity index (χ1) is 9.74. The van der Waals surface area contributed by atoms with Crippen LogP contribution < -0.4 is 5.32 Å². The second kappa shape index (κ2) is 7.19. The van der Waals surface area contributed by atoms with Gasteiger partial charge in [-0.3, -0.25) is 4.79 Å². The molecule has 0 atom stereocenters. The number of hydrogen-bond donors (Lipinski definition) is 1. The number of nitrogens with one attached hydrogen (secondary N) is 1. The number of hydrogen-bond acceptors (Lipinski definition) is 6. The summed E-state index contributed by atoms with van der Waals surface area (Å²) in [6, 6.07) is 2.13. The molecule has 0 saturated heterocycles. The molecule has 2 rings (SSSR count). The third-order valence-corrected chi connectivity index (χ3v) is 4.07. The molecule has 0 aliphatic carbocycles. The molecule has 0 bridgehead atoms. The van der Waals surface area contributed by atoms with E-state index >= 15 is 0 Å². The third-order valence-electron chi connectivity index (χ3n) is 2.88. The first-order valence-corrected chi connectivity index (χ1v) is 7.69. The van der Waals surface area contributed by atoms with Gasteiger partial charge in [0, 0.05) is 17.8 Å². The summed E-state index contributed by atoms with van der Waals surface area (Å²) in [5, 5.41) is 4.33. The number of carbonyl (C=O) groups excluding carboxylic acids is 1. The highest BCUT2D eigenvalue weighted by molar-refractivity contribution is 7.18. The Kier molecular flexibility index (Phi) is 5.29. The number of ether oxygens (including phenoxy) is 1. The predicted octanol–water partition coefficient (Wildman–Crippen LogP) is 3.01. The summed E-state index contributed by atoms with van der Waals surface area (Å²) in [5.74, 6) is 0.695. The maximum atomic E-state index is 11.2. The van der Waals surface area contributed by atoms with Gasteiger partial charge < -0.3 is 10.1 Å². The fourth-order valence-electron chi connectivity index (χ4n) is 1.89. The van der Waals surface area contributed by atoms with E-state index in [0.29, 0.717) is 19.6 Å². The summed E-state index contributed by atoms with van der Waals surface area (Å²) in [5.41, 5.74) is 0. The number of fused-ring (bicyclic) bond motifs is 1. The van der Waals surface area contributed by atoms with Crippen LogP contribution in [0.25, 0.3) is 10.2 Å². The molecule has 20 heavy (non-hydrogen) atoms. The minimum absolute atomic E-state index is 0.147. The first kappa shape index (κ1) is 14.7. The molecule has 0 unspecified atom stereocenters. The molecule has 0 radical (unpaired) electrons. The number of esters is 1. The second-order valence-electron chi connectivity index (χ2n) is 4.34. The largest absolute Gasteiger partial charge is 0.466 e. The number of aryl methyl sites for hydroxylation is 1. The van der Waals surface area contributed by atoms with Crippen molar-refractivity contribution < 1.29 is 9.53 Å². The highest BCUT2D eigenvalue weighted by Crippen LogP contribution is 2.28. The highest BCUT2D eigenvalue weighted by Gasteiger charge is 2.08. The zero-order valence-electron chi connectivity index (χ0n) is 11.8. The molecule has 1 N–H and O–H groups in total. The molecule has 2 heterocycles. The lowest BCUT2D eigenvalue weighted by atomic mass is 10.3. The molecule has 2 aromatic rings. The SMILES string of the molecule is CCOC(=O)CCCNc1ncnc2sc(CC)cc12. The van der Waals surface area contributed by atoms with Crippen LogP contribution in [0.5, 0.6) is 0 Å². The van der Waals surface area contributed by atoms with Gasteiger partial charge in [0.2, 0.25) is 0 Å². The van der Waals surface area contributed by atoms with Gasteiger partial charge >= 0.3 is 5.97 Å². The number of aromatic nitrogens is 2. The molecule has 2 aromatic heterocycles. The molecule has 0 aromatic carbocycles. The molecule has 0 aliphatic rings. The minimum Gasteiger partial charge on any atom is -0.466 e. The third kappa shape index (κ3) is 3.66. The number of thiophene rings is 1. The van der Waals surface area contributed by atoms with Crippen molar-refractivity contribution in [1.82, 2.24) is 9.97 Å². The molecule has 0 amide bonds. The summed E-state index contributed by atoms with van der Waals surface area (Å²) in [6.07, 6.45) is 3.74. The van der Waals surface area contributed by atoms with E-state index in [4.69, 9.17) is 4.74 Å². The molecule has 0 saturated carbocycles. The fraction of sp³-hybridized carbons (Fsp3) is 0.500. The molecular formula is C14H19N3O2S. The quantitative estimate of drug-likeness (QED) is 0.628. The average molecular weight is 293 g/mol. The Labute approximate surface area is 122 Å². The summed E-state index contributed by atoms with van der Waals surface area (Å²) < 4.78 is 4.89. The van der Waals surface area contributed by atoms with Crippen LogP contribution in [-0.2, 0) is 16.0 Å². The van der Waals surface area contributed by atoms with Crippen LogP contribution in [0.1, 0.15) is 31.6 Å². The van der Waals surface area contributed by atoms with Gasteiger partial charge in [-0.2, -0.15) is 0 Å². The number of rotatable bonds is 7. The maximum absolute atomic E-state index is 11.2. The minimum atomic E-state index is -0.147. The number of nitrogens with zero attached hydrogens (tertiary/aromatic N) is 2. The van der Waals surface area contributed by atoms with E-state index in [1.165, 1.54) is 4.88 Å². The topological polar surface area (TPSA) is 64.1 Å². The Hall–Kier alpha value is -1.69. The first-order valence-electron chi connectivity index (χ1n) is 6.87. The van der Waals surface area contributed by atoms with E-state index in [2.05, 4.69) is 28.3 Å². The van der Waals surface area contributed by atoms with Crippen molar-refractivity contribution in [1.29, 1.82) is 0 Å². The summed E-state index contributed by atoms with van der Waals surface area (Å²) in [6.45, 7) is 5.08. The maximum Gasteiger partial charge on any atom is 0.305 e. The van der Waals surface area contributed by atoms with Gasteiger partial charge in [0.25, 0.3) is 0 Å². The van der Waals surface area contributed by atoms with Gasteiger partial charge in [0.05, 0.1) is 12.0 Å². The molecule has 5 nitrogen and oxygen atoms in total. The van der Waals surface area contributed by atoms with E-state index in [9.17, 15) is 4.79 Å². The van der Waals surface area contributed by atoms with E-state index < -0.39 is 0 Å². The summed E-state index contributed by atoms with van der Waals surface area (Å²) in [4.78, 5) is 22.1. The van der Waals surface area contributed by atoms with E-state index in [1.807, 2.05) is 6.92 Å². The summed E-state index contributed by atoms with van der Waals surface area (Å²) in [7, 11) is 0. The predicted molar refractivity (Wildman–Crippen MR) is 81.1 cm³/mol. The number of anilines is 1. The van der Waals surface area contributed by atoms with Crippen LogP contribution >= 0.6 is 11.3 Å². The zero-order chi connectivity index (χ0) is 14.4. The molecule has 108 valence electrons. The van der Waals surface area contributed by atoms with Gasteiger partial charge in [-0.1, -0.05) is 6.92 Å². The van der Waals surface area contributed by atoms with Crippen LogP contribution in [0.15, 0.2) is 12.4 Å². The van der Waals surface area contributed by atoms with Gasteiger partial charge in [-0.15, -0.1) is 11.3 Å². The van der Waals surface area contributed by atoms with Crippen molar-refractivity contribution in [2.75, 3.05) is 18.5 Å². The average Bonchev–Trinajstić information content (AvgIpc) is 2.87. The lowest BCUT2D eigenvalue weighted by molar-refractivity contribution is -0.143. The summed E-state index contributed by atoms with van der Waals surface area (Å²) >= 11 is 1.70. The van der Waals surface area contributed by atoms with Crippen LogP contribution in [0, 0.1) is 0 Å². The van der Waals surface area contributed by atoms with Crippen LogP contribution in [0.2, 0.25) is 0 Å². The van der Waals surface area contributed by atoms with Crippen LogP contribution in [0.3, 0.4) is 0 Å². The van der Waals surface area contributed by atoms with E-state index in [0.717, 1.165) is 28.9 Å². The second-order valence-corrected chi connectivity index (χ2v) is 5.46. The van der Waals surface area contributed by atoms with Gasteiger partial charge in [0.1, 0.15) is 17.0 Å². The highest BCUT2D eigenvalue weighted by atomic mass is 32.1. The standard InChI is InChI=1S/C14H19N3O2S/c1-3-10-8-11-13(16-9-17-14(11)20-10)15-7-5-6-12(18)19-4-2/h8-9H,3-7H2,1-2H3,(H,15,16,17).